The van der Waals surface area contributed by atoms with Crippen molar-refractivity contribution in [3.8, 4) is 11.1 Å². The molecule has 1 unspecified atom stereocenters. The fourth-order valence-electron chi connectivity index (χ4n) is 4.32. The summed E-state index contributed by atoms with van der Waals surface area (Å²) in [6.45, 7) is 7.18. The van der Waals surface area contributed by atoms with E-state index in [1.807, 2.05) is 36.4 Å². The summed E-state index contributed by atoms with van der Waals surface area (Å²) >= 11 is 0. The topological polar surface area (TPSA) is 105 Å². The van der Waals surface area contributed by atoms with Gasteiger partial charge in [0.15, 0.2) is 0 Å². The summed E-state index contributed by atoms with van der Waals surface area (Å²) in [4.78, 5) is 37.1. The van der Waals surface area contributed by atoms with Gasteiger partial charge in [-0.25, -0.2) is 9.59 Å². The number of nitrogens with one attached hydrogen (secondary N) is 2. The first-order chi connectivity index (χ1) is 15.9. The Morgan fingerprint density at radius 2 is 1.61 bits per heavy atom. The predicted molar refractivity (Wildman–Crippen MR) is 126 cm³/mol. The van der Waals surface area contributed by atoms with Crippen LogP contribution < -0.4 is 10.6 Å². The van der Waals surface area contributed by atoms with Gasteiger partial charge in [-0.15, -0.1) is 6.58 Å². The molecule has 3 N–H and O–H groups in total. The summed E-state index contributed by atoms with van der Waals surface area (Å²) in [5.41, 5.74) is 3.16. The Morgan fingerprint density at radius 3 is 2.09 bits per heavy atom. The summed E-state index contributed by atoms with van der Waals surface area (Å²) in [7, 11) is 0. The van der Waals surface area contributed by atoms with Crippen LogP contribution >= 0.6 is 0 Å². The summed E-state index contributed by atoms with van der Waals surface area (Å²) in [6.07, 6.45) is 1.35. The zero-order chi connectivity index (χ0) is 24.0. The second kappa shape index (κ2) is 10.3. The average molecular weight is 451 g/mol. The number of alkyl carbamates (subject to hydrolysis) is 1. The molecule has 0 saturated carbocycles. The molecule has 174 valence electrons. The third kappa shape index (κ3) is 4.92. The Labute approximate surface area is 193 Å². The van der Waals surface area contributed by atoms with Gasteiger partial charge < -0.3 is 20.5 Å². The minimum Gasteiger partial charge on any atom is -0.480 e. The van der Waals surface area contributed by atoms with Gasteiger partial charge in [0.2, 0.25) is 5.91 Å². The van der Waals surface area contributed by atoms with Crippen molar-refractivity contribution in [1.29, 1.82) is 0 Å². The molecule has 0 saturated heterocycles. The van der Waals surface area contributed by atoms with Crippen molar-refractivity contribution < 1.29 is 24.2 Å². The molecule has 1 atom stereocenters. The molecule has 0 aromatic heterocycles. The van der Waals surface area contributed by atoms with Crippen LogP contribution in [0.2, 0.25) is 0 Å². The molecular weight excluding hydrogens is 420 g/mol. The molecule has 0 spiro atoms. The smallest absolute Gasteiger partial charge is 0.408 e. The van der Waals surface area contributed by atoms with E-state index in [-0.39, 0.29) is 31.8 Å². The number of amides is 2. The van der Waals surface area contributed by atoms with E-state index < -0.39 is 29.6 Å². The number of carboxylic acids is 1. The quantitative estimate of drug-likeness (QED) is 0.470. The lowest BCUT2D eigenvalue weighted by Gasteiger charge is -2.32. The van der Waals surface area contributed by atoms with E-state index in [1.165, 1.54) is 6.08 Å². The molecule has 7 nitrogen and oxygen atoms in total. The van der Waals surface area contributed by atoms with E-state index in [1.54, 1.807) is 13.8 Å². The average Bonchev–Trinajstić information content (AvgIpc) is 3.14. The van der Waals surface area contributed by atoms with Crippen LogP contribution in [0.3, 0.4) is 0 Å². The molecule has 1 aliphatic carbocycles. The molecule has 2 amide bonds. The highest BCUT2D eigenvalue weighted by molar-refractivity contribution is 5.92. The van der Waals surface area contributed by atoms with Crippen molar-refractivity contribution in [3.63, 3.8) is 0 Å². The van der Waals surface area contributed by atoms with Crippen molar-refractivity contribution in [2.45, 2.75) is 50.6 Å². The van der Waals surface area contributed by atoms with Crippen LogP contribution in [-0.4, -0.2) is 41.3 Å². The van der Waals surface area contributed by atoms with Gasteiger partial charge in [0, 0.05) is 5.92 Å². The number of rotatable bonds is 10. The Kier molecular flexibility index (Phi) is 7.53. The van der Waals surface area contributed by atoms with E-state index in [9.17, 15) is 19.5 Å². The van der Waals surface area contributed by atoms with E-state index in [0.717, 1.165) is 22.3 Å². The molecule has 2 aromatic rings. The predicted octanol–water partition coefficient (Wildman–Crippen LogP) is 4.23. The number of fused-ring (bicyclic) bond motifs is 3. The monoisotopic (exact) mass is 450 g/mol. The summed E-state index contributed by atoms with van der Waals surface area (Å²) in [5, 5.41) is 14.5. The molecule has 1 aliphatic rings. The number of benzene rings is 2. The minimum atomic E-state index is -1.28. The van der Waals surface area contributed by atoms with Gasteiger partial charge in [0.05, 0.1) is 0 Å². The first kappa shape index (κ1) is 24.0. The lowest BCUT2D eigenvalue weighted by molar-refractivity contribution is -0.143. The maximum atomic E-state index is 13.0. The molecule has 0 aliphatic heterocycles. The van der Waals surface area contributed by atoms with Crippen LogP contribution in [0.5, 0.6) is 0 Å². The maximum absolute atomic E-state index is 13.0. The summed E-state index contributed by atoms with van der Waals surface area (Å²) in [6, 6.07) is 14.9. The second-order valence-electron chi connectivity index (χ2n) is 8.13. The summed E-state index contributed by atoms with van der Waals surface area (Å²) < 4.78 is 5.59. The third-order valence-corrected chi connectivity index (χ3v) is 6.33. The first-order valence-electron chi connectivity index (χ1n) is 11.1. The van der Waals surface area contributed by atoms with E-state index >= 15 is 0 Å². The standard InChI is InChI=1S/C26H30N2O5/c1-4-11-22(23(29)30)27-24(31)26(5-2,6-3)28-25(32)33-16-21-19-14-9-7-12-17(19)18-13-8-10-15-20(18)21/h4,7-10,12-15,21-22H,1,5-6,11,16H2,2-3H3,(H,27,31)(H,28,32)(H,29,30). The Morgan fingerprint density at radius 1 is 1.06 bits per heavy atom. The number of carbonyl (C=O) groups excluding carboxylic acids is 2. The fraction of sp³-hybridized carbons (Fsp3) is 0.346. The van der Waals surface area contributed by atoms with Crippen LogP contribution in [0, 0.1) is 0 Å². The molecule has 7 heteroatoms. The number of hydrogen-bond donors (Lipinski definition) is 3. The SMILES string of the molecule is C=CCC(NC(=O)C(CC)(CC)NC(=O)OCC1c2ccccc2-c2ccccc21)C(=O)O. The van der Waals surface area contributed by atoms with Crippen molar-refractivity contribution >= 4 is 18.0 Å². The Bertz CT molecular complexity index is 999. The van der Waals surface area contributed by atoms with Crippen LogP contribution in [0.25, 0.3) is 11.1 Å². The van der Waals surface area contributed by atoms with Gasteiger partial charge in [-0.1, -0.05) is 68.5 Å². The number of hydrogen-bond acceptors (Lipinski definition) is 4. The van der Waals surface area contributed by atoms with Crippen molar-refractivity contribution in [2.75, 3.05) is 6.61 Å². The first-order valence-corrected chi connectivity index (χ1v) is 11.1. The van der Waals surface area contributed by atoms with Crippen molar-refractivity contribution in [2.24, 2.45) is 0 Å². The molecular formula is C26H30N2O5. The summed E-state index contributed by atoms with van der Waals surface area (Å²) in [5.74, 6) is -1.82. The number of carbonyl (C=O) groups is 3. The van der Waals surface area contributed by atoms with Crippen LogP contribution in [0.1, 0.15) is 50.2 Å². The van der Waals surface area contributed by atoms with E-state index in [0.29, 0.717) is 0 Å². The van der Waals surface area contributed by atoms with Crippen LogP contribution in [0.4, 0.5) is 4.79 Å². The highest BCUT2D eigenvalue weighted by atomic mass is 16.5. The molecule has 33 heavy (non-hydrogen) atoms. The molecule has 0 fully saturated rings. The van der Waals surface area contributed by atoms with Gasteiger partial charge >= 0.3 is 12.1 Å². The zero-order valence-corrected chi connectivity index (χ0v) is 19.0. The largest absolute Gasteiger partial charge is 0.480 e. The zero-order valence-electron chi connectivity index (χ0n) is 19.0. The minimum absolute atomic E-state index is 0.0789. The molecule has 0 bridgehead atoms. The second-order valence-corrected chi connectivity index (χ2v) is 8.13. The highest BCUT2D eigenvalue weighted by Crippen LogP contribution is 2.44. The fourth-order valence-corrected chi connectivity index (χ4v) is 4.32. The van der Waals surface area contributed by atoms with Crippen molar-refractivity contribution in [1.82, 2.24) is 10.6 Å². The lowest BCUT2D eigenvalue weighted by Crippen LogP contribution is -2.60. The van der Waals surface area contributed by atoms with Gasteiger partial charge in [-0.3, -0.25) is 4.79 Å². The van der Waals surface area contributed by atoms with Gasteiger partial charge in [0.25, 0.3) is 0 Å². The van der Waals surface area contributed by atoms with Gasteiger partial charge in [-0.2, -0.15) is 0 Å². The van der Waals surface area contributed by atoms with Crippen LogP contribution in [0.15, 0.2) is 61.2 Å². The number of ether oxygens (including phenoxy) is 1. The molecule has 2 aromatic carbocycles. The normalized spacial score (nSPS) is 13.4. The molecule has 3 rings (SSSR count). The highest BCUT2D eigenvalue weighted by Gasteiger charge is 2.39. The number of aliphatic carboxylic acids is 1. The maximum Gasteiger partial charge on any atom is 0.408 e. The van der Waals surface area contributed by atoms with E-state index in [4.69, 9.17) is 4.74 Å². The third-order valence-electron chi connectivity index (χ3n) is 6.33. The Balaban J connectivity index is 1.71. The molecule has 0 heterocycles. The van der Waals surface area contributed by atoms with Crippen LogP contribution in [-0.2, 0) is 14.3 Å². The van der Waals surface area contributed by atoms with Gasteiger partial charge in [0.1, 0.15) is 18.2 Å². The van der Waals surface area contributed by atoms with Gasteiger partial charge in [-0.05, 0) is 41.5 Å². The Hall–Kier alpha value is -3.61. The number of carboxylic acid groups (broad SMARTS) is 1. The molecule has 0 radical (unpaired) electrons. The van der Waals surface area contributed by atoms with E-state index in [2.05, 4.69) is 29.3 Å². The van der Waals surface area contributed by atoms with Crippen molar-refractivity contribution in [3.05, 3.63) is 72.3 Å². The lowest BCUT2D eigenvalue weighted by atomic mass is 9.91.